The Bertz CT molecular complexity index is 341. The van der Waals surface area contributed by atoms with Crippen molar-refractivity contribution in [2.45, 2.75) is 13.1 Å². The molecule has 0 amide bonds. The van der Waals surface area contributed by atoms with Crippen LogP contribution in [0.1, 0.15) is 22.1 Å². The van der Waals surface area contributed by atoms with Gasteiger partial charge in [-0.05, 0) is 0 Å². The molecule has 1 heterocycles. The van der Waals surface area contributed by atoms with Crippen molar-refractivity contribution in [2.24, 2.45) is 0 Å². The third-order valence-corrected chi connectivity index (χ3v) is 1.18. The zero-order chi connectivity index (χ0) is 10.2. The maximum absolute atomic E-state index is 12.0. The number of alkyl halides is 3. The van der Waals surface area contributed by atoms with Crippen LogP contribution >= 0.6 is 0 Å². The number of oxazole rings is 1. The van der Waals surface area contributed by atoms with E-state index in [1.54, 1.807) is 0 Å². The number of hydrogen-bond acceptors (Lipinski definition) is 4. The van der Waals surface area contributed by atoms with E-state index in [0.29, 0.717) is 0 Å². The summed E-state index contributed by atoms with van der Waals surface area (Å²) in [5.74, 6) is -4.01. The Morgan fingerprint density at radius 1 is 1.54 bits per heavy atom. The predicted octanol–water partition coefficient (Wildman–Crippen LogP) is 0.365. The number of carboxylic acids is 1. The summed E-state index contributed by atoms with van der Waals surface area (Å²) >= 11 is 0. The summed E-state index contributed by atoms with van der Waals surface area (Å²) in [7, 11) is 0. The van der Waals surface area contributed by atoms with Gasteiger partial charge in [0, 0.05) is 6.92 Å². The summed E-state index contributed by atoms with van der Waals surface area (Å²) in [6.07, 6.45) is -4.86. The lowest BCUT2D eigenvalue weighted by molar-refractivity contribution is -0.256. The summed E-state index contributed by atoms with van der Waals surface area (Å²) < 4.78 is 40.1. The quantitative estimate of drug-likeness (QED) is 0.647. The highest BCUT2D eigenvalue weighted by Gasteiger charge is 2.39. The number of carboxylic acid groups (broad SMARTS) is 1. The Labute approximate surface area is 70.0 Å². The average Bonchev–Trinajstić information content (AvgIpc) is 2.29. The van der Waals surface area contributed by atoms with Crippen molar-refractivity contribution in [3.05, 3.63) is 17.3 Å². The van der Waals surface area contributed by atoms with E-state index in [4.69, 9.17) is 0 Å². The average molecular weight is 194 g/mol. The highest BCUT2D eigenvalue weighted by molar-refractivity contribution is 5.84. The van der Waals surface area contributed by atoms with Crippen LogP contribution in [0.25, 0.3) is 0 Å². The molecule has 1 aromatic rings. The molecule has 1 aromatic heterocycles. The van der Waals surface area contributed by atoms with E-state index in [1.807, 2.05) is 0 Å². The molecule has 0 aliphatic carbocycles. The van der Waals surface area contributed by atoms with Crippen LogP contribution in [0.15, 0.2) is 4.42 Å². The van der Waals surface area contributed by atoms with Gasteiger partial charge < -0.3 is 14.3 Å². The van der Waals surface area contributed by atoms with Gasteiger partial charge in [0.25, 0.3) is 0 Å². The number of aryl methyl sites for hydroxylation is 1. The van der Waals surface area contributed by atoms with E-state index >= 15 is 0 Å². The first-order valence-electron chi connectivity index (χ1n) is 3.08. The highest BCUT2D eigenvalue weighted by atomic mass is 19.4. The fourth-order valence-electron chi connectivity index (χ4n) is 0.758. The molecule has 0 bridgehead atoms. The molecule has 0 saturated heterocycles. The predicted molar refractivity (Wildman–Crippen MR) is 30.6 cm³/mol. The van der Waals surface area contributed by atoms with Gasteiger partial charge in [0.2, 0.25) is 5.76 Å². The second-order valence-electron chi connectivity index (χ2n) is 2.20. The number of aromatic nitrogens is 1. The molecule has 0 unspecified atom stereocenters. The number of carbonyl (C=O) groups excluding carboxylic acids is 1. The topological polar surface area (TPSA) is 66.2 Å². The molecule has 7 heteroatoms. The third kappa shape index (κ3) is 1.79. The minimum atomic E-state index is -4.86. The van der Waals surface area contributed by atoms with Crippen LogP contribution in [-0.4, -0.2) is 11.0 Å². The minimum Gasteiger partial charge on any atom is -0.543 e. The van der Waals surface area contributed by atoms with Gasteiger partial charge in [0.1, 0.15) is 5.69 Å². The number of hydrogen-bond donors (Lipinski definition) is 0. The van der Waals surface area contributed by atoms with Crippen molar-refractivity contribution >= 4 is 5.97 Å². The van der Waals surface area contributed by atoms with Gasteiger partial charge in [-0.25, -0.2) is 4.98 Å². The second kappa shape index (κ2) is 2.75. The zero-order valence-electron chi connectivity index (χ0n) is 6.31. The van der Waals surface area contributed by atoms with Crippen LogP contribution < -0.4 is 5.11 Å². The number of halogens is 3. The molecule has 0 N–H and O–H groups in total. The Kier molecular flexibility index (Phi) is 2.02. The van der Waals surface area contributed by atoms with Gasteiger partial charge in [-0.3, -0.25) is 0 Å². The smallest absolute Gasteiger partial charge is 0.451 e. The maximum atomic E-state index is 12.0. The molecule has 0 aliphatic heterocycles. The van der Waals surface area contributed by atoms with Crippen LogP contribution in [0.4, 0.5) is 13.2 Å². The normalized spacial score (nSPS) is 11.7. The molecule has 72 valence electrons. The summed E-state index contributed by atoms with van der Waals surface area (Å²) in [5, 5.41) is 10.1. The molecule has 13 heavy (non-hydrogen) atoms. The summed E-state index contributed by atoms with van der Waals surface area (Å²) in [6, 6.07) is 0. The molecule has 0 fully saturated rings. The van der Waals surface area contributed by atoms with Crippen LogP contribution in [0.2, 0.25) is 0 Å². The summed E-state index contributed by atoms with van der Waals surface area (Å²) in [5.41, 5.74) is -1.22. The van der Waals surface area contributed by atoms with Crippen molar-refractivity contribution in [3.8, 4) is 0 Å². The first kappa shape index (κ1) is 9.56. The Morgan fingerprint density at radius 3 is 2.38 bits per heavy atom. The highest BCUT2D eigenvalue weighted by Crippen LogP contribution is 2.32. The van der Waals surface area contributed by atoms with Gasteiger partial charge in [0.15, 0.2) is 5.89 Å². The van der Waals surface area contributed by atoms with Gasteiger partial charge in [0.05, 0.1) is 5.97 Å². The molecule has 0 radical (unpaired) electrons. The molecule has 0 aromatic carbocycles. The van der Waals surface area contributed by atoms with E-state index < -0.39 is 23.6 Å². The molecule has 0 aliphatic rings. The zero-order valence-corrected chi connectivity index (χ0v) is 6.31. The van der Waals surface area contributed by atoms with Crippen molar-refractivity contribution in [3.63, 3.8) is 0 Å². The minimum absolute atomic E-state index is 0.369. The van der Waals surface area contributed by atoms with E-state index in [9.17, 15) is 23.1 Å². The van der Waals surface area contributed by atoms with E-state index in [1.165, 1.54) is 0 Å². The van der Waals surface area contributed by atoms with E-state index in [2.05, 4.69) is 9.40 Å². The lowest BCUT2D eigenvalue weighted by Crippen LogP contribution is -2.25. The summed E-state index contributed by atoms with van der Waals surface area (Å²) in [4.78, 5) is 13.2. The number of nitrogens with zero attached hydrogens (tertiary/aromatic N) is 1. The largest absolute Gasteiger partial charge is 0.543 e. The fourth-order valence-corrected chi connectivity index (χ4v) is 0.758. The van der Waals surface area contributed by atoms with Crippen LogP contribution in [-0.2, 0) is 6.18 Å². The van der Waals surface area contributed by atoms with Crippen LogP contribution in [0, 0.1) is 6.92 Å². The fraction of sp³-hybridized carbons (Fsp3) is 0.333. The first-order valence-corrected chi connectivity index (χ1v) is 3.08. The number of rotatable bonds is 1. The number of aromatic carboxylic acids is 1. The van der Waals surface area contributed by atoms with Crippen molar-refractivity contribution in [1.29, 1.82) is 0 Å². The Balaban J connectivity index is 3.28. The Hall–Kier alpha value is -1.53. The molecular formula is C6H3F3NO3-. The molecule has 0 spiro atoms. The van der Waals surface area contributed by atoms with Crippen LogP contribution in [0.3, 0.4) is 0 Å². The van der Waals surface area contributed by atoms with E-state index in [0.717, 1.165) is 6.92 Å². The third-order valence-electron chi connectivity index (χ3n) is 1.18. The first-order chi connectivity index (χ1) is 5.82. The molecule has 0 saturated carbocycles. The van der Waals surface area contributed by atoms with Crippen molar-refractivity contribution in [2.75, 3.05) is 0 Å². The van der Waals surface area contributed by atoms with Gasteiger partial charge >= 0.3 is 6.18 Å². The molecular weight excluding hydrogens is 191 g/mol. The van der Waals surface area contributed by atoms with Crippen molar-refractivity contribution < 1.29 is 27.5 Å². The van der Waals surface area contributed by atoms with Crippen LogP contribution in [0.5, 0.6) is 0 Å². The Morgan fingerprint density at radius 2 is 2.08 bits per heavy atom. The molecule has 0 atom stereocenters. The SMILES string of the molecule is Cc1nc(C(=O)[O-])c(C(F)(F)F)o1. The lowest BCUT2D eigenvalue weighted by Gasteiger charge is -2.04. The maximum Gasteiger partial charge on any atom is 0.451 e. The lowest BCUT2D eigenvalue weighted by atomic mass is 10.3. The number of carbonyl (C=O) groups is 1. The van der Waals surface area contributed by atoms with Gasteiger partial charge in [-0.2, -0.15) is 13.2 Å². The molecule has 4 nitrogen and oxygen atoms in total. The van der Waals surface area contributed by atoms with E-state index in [-0.39, 0.29) is 5.89 Å². The summed E-state index contributed by atoms with van der Waals surface area (Å²) in [6.45, 7) is 1.11. The molecule has 1 rings (SSSR count). The van der Waals surface area contributed by atoms with Gasteiger partial charge in [-0.15, -0.1) is 0 Å². The second-order valence-corrected chi connectivity index (χ2v) is 2.20. The van der Waals surface area contributed by atoms with Crippen molar-refractivity contribution in [1.82, 2.24) is 4.98 Å². The monoisotopic (exact) mass is 194 g/mol. The van der Waals surface area contributed by atoms with Gasteiger partial charge in [-0.1, -0.05) is 0 Å². The standard InChI is InChI=1S/C6H4F3NO3/c1-2-10-3(5(11)12)4(13-2)6(7,8)9/h1H3,(H,11,12)/p-1.